The number of halogens is 1. The van der Waals surface area contributed by atoms with Gasteiger partial charge in [-0.25, -0.2) is 0 Å². The number of nitrogens with two attached hydrogens (primary N) is 1. The maximum absolute atomic E-state index is 11.9. The summed E-state index contributed by atoms with van der Waals surface area (Å²) in [4.78, 5) is 34.9. The molecule has 1 heterocycles. The molecule has 0 saturated carbocycles. The lowest BCUT2D eigenvalue weighted by Crippen LogP contribution is -2.33. The van der Waals surface area contributed by atoms with E-state index in [9.17, 15) is 19.7 Å². The molecule has 9 heteroatoms. The fraction of sp³-hybridized carbons (Fsp3) is 0.167. The minimum Gasteiger partial charge on any atom is -0.329 e. The van der Waals surface area contributed by atoms with Crippen molar-refractivity contribution in [3.8, 4) is 0 Å². The summed E-state index contributed by atoms with van der Waals surface area (Å²) in [7, 11) is 0. The number of carbonyl (C=O) groups is 2. The molecule has 0 aromatic heterocycles. The van der Waals surface area contributed by atoms with Gasteiger partial charge in [0.1, 0.15) is 0 Å². The first-order valence-corrected chi connectivity index (χ1v) is 6.54. The van der Waals surface area contributed by atoms with Gasteiger partial charge in [0.05, 0.1) is 9.83 Å². The number of nitro benzene ring substituents is 1. The Morgan fingerprint density at radius 1 is 1.29 bits per heavy atom. The maximum Gasteiger partial charge on any atom is 0.293 e. The molecule has 0 atom stereocenters. The molecule has 2 rings (SSSR count). The lowest BCUT2D eigenvalue weighted by Gasteiger charge is -2.09. The van der Waals surface area contributed by atoms with Gasteiger partial charge in [-0.1, -0.05) is 0 Å². The zero-order valence-electron chi connectivity index (χ0n) is 10.7. The molecule has 0 radical (unpaired) electrons. The number of hydrogen-bond donors (Lipinski definition) is 1. The zero-order chi connectivity index (χ0) is 14.7. The van der Waals surface area contributed by atoms with E-state index >= 15 is 0 Å². The molecule has 0 bridgehead atoms. The van der Waals surface area contributed by atoms with Crippen LogP contribution in [0.4, 0.5) is 10.5 Å². The molecule has 1 fully saturated rings. The van der Waals surface area contributed by atoms with Gasteiger partial charge in [-0.2, -0.15) is 0 Å². The van der Waals surface area contributed by atoms with Crippen molar-refractivity contribution in [1.82, 2.24) is 4.90 Å². The molecule has 21 heavy (non-hydrogen) atoms. The molecule has 0 aliphatic carbocycles. The number of carbonyl (C=O) groups excluding carboxylic acids is 2. The Labute approximate surface area is 130 Å². The SMILES string of the molecule is Cl.NCCN1C(=O)S/C(=C/c2ccc([N+](=O)[O-])cc2)C1=O. The van der Waals surface area contributed by atoms with Crippen molar-refractivity contribution in [2.75, 3.05) is 13.1 Å². The lowest BCUT2D eigenvalue weighted by atomic mass is 10.2. The molecule has 2 N–H and O–H groups in total. The van der Waals surface area contributed by atoms with Crippen LogP contribution in [0.5, 0.6) is 0 Å². The monoisotopic (exact) mass is 329 g/mol. The predicted molar refractivity (Wildman–Crippen MR) is 82.1 cm³/mol. The van der Waals surface area contributed by atoms with Gasteiger partial charge in [0.25, 0.3) is 16.8 Å². The van der Waals surface area contributed by atoms with Crippen molar-refractivity contribution in [2.24, 2.45) is 5.73 Å². The number of nitro groups is 1. The number of nitrogens with zero attached hydrogens (tertiary/aromatic N) is 2. The van der Waals surface area contributed by atoms with Crippen LogP contribution in [0.15, 0.2) is 29.2 Å². The molecule has 0 unspecified atom stereocenters. The average Bonchev–Trinajstić information content (AvgIpc) is 2.67. The van der Waals surface area contributed by atoms with E-state index in [4.69, 9.17) is 5.73 Å². The molecular weight excluding hydrogens is 318 g/mol. The third kappa shape index (κ3) is 3.81. The van der Waals surface area contributed by atoms with E-state index in [1.165, 1.54) is 30.3 Å². The molecule has 1 saturated heterocycles. The van der Waals surface area contributed by atoms with Crippen molar-refractivity contribution in [2.45, 2.75) is 0 Å². The highest BCUT2D eigenvalue weighted by molar-refractivity contribution is 8.18. The minimum absolute atomic E-state index is 0. The largest absolute Gasteiger partial charge is 0.329 e. The Balaban J connectivity index is 0.00000220. The van der Waals surface area contributed by atoms with E-state index in [0.717, 1.165) is 16.7 Å². The van der Waals surface area contributed by atoms with E-state index in [1.54, 1.807) is 0 Å². The predicted octanol–water partition coefficient (Wildman–Crippen LogP) is 2.01. The highest BCUT2D eigenvalue weighted by atomic mass is 35.5. The number of imide groups is 1. The van der Waals surface area contributed by atoms with E-state index in [1.807, 2.05) is 0 Å². The molecule has 0 spiro atoms. The number of benzene rings is 1. The smallest absolute Gasteiger partial charge is 0.293 e. The summed E-state index contributed by atoms with van der Waals surface area (Å²) >= 11 is 0.836. The average molecular weight is 330 g/mol. The van der Waals surface area contributed by atoms with Gasteiger partial charge in [0, 0.05) is 25.2 Å². The second-order valence-electron chi connectivity index (χ2n) is 3.97. The van der Waals surface area contributed by atoms with Gasteiger partial charge in [-0.3, -0.25) is 24.6 Å². The van der Waals surface area contributed by atoms with Crippen LogP contribution in [0.1, 0.15) is 5.56 Å². The molecule has 1 aliphatic heterocycles. The minimum atomic E-state index is -0.501. The van der Waals surface area contributed by atoms with Crippen LogP contribution in [0, 0.1) is 10.1 Å². The Bertz CT molecular complexity index is 603. The summed E-state index contributed by atoms with van der Waals surface area (Å²) in [6.07, 6.45) is 1.53. The second-order valence-corrected chi connectivity index (χ2v) is 4.96. The summed E-state index contributed by atoms with van der Waals surface area (Å²) in [5.41, 5.74) is 5.93. The van der Waals surface area contributed by atoms with Gasteiger partial charge in [0.15, 0.2) is 0 Å². The first kappa shape index (κ1) is 17.2. The van der Waals surface area contributed by atoms with Crippen LogP contribution in [-0.4, -0.2) is 34.1 Å². The Hall–Kier alpha value is -1.90. The van der Waals surface area contributed by atoms with Crippen LogP contribution in [0.25, 0.3) is 6.08 Å². The second kappa shape index (κ2) is 7.21. The van der Waals surface area contributed by atoms with Crippen LogP contribution < -0.4 is 5.73 Å². The van der Waals surface area contributed by atoms with Gasteiger partial charge >= 0.3 is 0 Å². The molecule has 1 aromatic carbocycles. The first-order valence-electron chi connectivity index (χ1n) is 5.73. The van der Waals surface area contributed by atoms with E-state index < -0.39 is 4.92 Å². The number of hydrogen-bond acceptors (Lipinski definition) is 6. The lowest BCUT2D eigenvalue weighted by molar-refractivity contribution is -0.384. The quantitative estimate of drug-likeness (QED) is 0.514. The van der Waals surface area contributed by atoms with Crippen molar-refractivity contribution in [3.05, 3.63) is 44.8 Å². The normalized spacial score (nSPS) is 16.2. The summed E-state index contributed by atoms with van der Waals surface area (Å²) in [6.45, 7) is 0.394. The van der Waals surface area contributed by atoms with Gasteiger partial charge in [-0.15, -0.1) is 12.4 Å². The highest BCUT2D eigenvalue weighted by Gasteiger charge is 2.34. The summed E-state index contributed by atoms with van der Waals surface area (Å²) in [6, 6.07) is 5.73. The molecule has 2 amide bonds. The van der Waals surface area contributed by atoms with Gasteiger partial charge in [0.2, 0.25) is 0 Å². The first-order chi connectivity index (χ1) is 9.52. The number of thioether (sulfide) groups is 1. The van der Waals surface area contributed by atoms with E-state index in [0.29, 0.717) is 5.56 Å². The Morgan fingerprint density at radius 3 is 2.43 bits per heavy atom. The van der Waals surface area contributed by atoms with Crippen molar-refractivity contribution < 1.29 is 14.5 Å². The van der Waals surface area contributed by atoms with Crippen molar-refractivity contribution >= 4 is 47.1 Å². The number of amides is 2. The van der Waals surface area contributed by atoms with Crippen LogP contribution in [-0.2, 0) is 4.79 Å². The third-order valence-corrected chi connectivity index (χ3v) is 3.54. The topological polar surface area (TPSA) is 107 Å². The number of non-ortho nitro benzene ring substituents is 1. The third-order valence-electron chi connectivity index (χ3n) is 2.63. The zero-order valence-corrected chi connectivity index (χ0v) is 12.4. The van der Waals surface area contributed by atoms with Crippen molar-refractivity contribution in [1.29, 1.82) is 0 Å². The fourth-order valence-corrected chi connectivity index (χ4v) is 2.53. The van der Waals surface area contributed by atoms with Crippen LogP contribution in [0.3, 0.4) is 0 Å². The van der Waals surface area contributed by atoms with E-state index in [2.05, 4.69) is 0 Å². The highest BCUT2D eigenvalue weighted by Crippen LogP contribution is 2.32. The molecule has 1 aromatic rings. The number of rotatable bonds is 4. The molecule has 1 aliphatic rings. The molecular formula is C12H12ClN3O4S. The molecule has 7 nitrogen and oxygen atoms in total. The maximum atomic E-state index is 11.9. The Kier molecular flexibility index (Phi) is 5.89. The van der Waals surface area contributed by atoms with Crippen LogP contribution >= 0.6 is 24.2 Å². The van der Waals surface area contributed by atoms with Gasteiger partial charge < -0.3 is 5.73 Å². The van der Waals surface area contributed by atoms with Gasteiger partial charge in [-0.05, 0) is 35.5 Å². The Morgan fingerprint density at radius 2 is 1.90 bits per heavy atom. The molecule has 112 valence electrons. The fourth-order valence-electron chi connectivity index (χ4n) is 1.67. The van der Waals surface area contributed by atoms with Crippen LogP contribution in [0.2, 0.25) is 0 Å². The van der Waals surface area contributed by atoms with Crippen molar-refractivity contribution in [3.63, 3.8) is 0 Å². The summed E-state index contributed by atoms with van der Waals surface area (Å²) in [5, 5.41) is 10.2. The summed E-state index contributed by atoms with van der Waals surface area (Å²) in [5.74, 6) is -0.385. The summed E-state index contributed by atoms with van der Waals surface area (Å²) < 4.78 is 0. The standard InChI is InChI=1S/C12H11N3O4S.ClH/c13-5-6-14-11(16)10(20-12(14)17)7-8-1-3-9(4-2-8)15(18)19;/h1-4,7H,5-6,13H2;1H/b10-7+;. The van der Waals surface area contributed by atoms with E-state index in [-0.39, 0.29) is 47.2 Å².